The molecule has 0 fully saturated rings. The standard InChI is InChI=1S/C19H56O9Si8/c1-18-20-36(17,21-19-2)28-35(15,16)27-34(13,14)26-33(11,12)25-32(9,10)24-31(7,8)23-30(5,6)22-29(3)4/h29H,18-19H2,1-17H3. The highest BCUT2D eigenvalue weighted by Gasteiger charge is 2.50. The monoisotopic (exact) mass is 652 g/mol. The largest absolute Gasteiger partial charge is 0.488 e. The molecule has 17 heteroatoms. The fourth-order valence-corrected chi connectivity index (χ4v) is 41.5. The van der Waals surface area contributed by atoms with Gasteiger partial charge in [-0.05, 0) is 106 Å². The van der Waals surface area contributed by atoms with Gasteiger partial charge in [-0.15, -0.1) is 0 Å². The Bertz CT molecular complexity index is 669. The van der Waals surface area contributed by atoms with Gasteiger partial charge in [-0.3, -0.25) is 0 Å². The first-order chi connectivity index (χ1) is 15.8. The summed E-state index contributed by atoms with van der Waals surface area (Å²) in [6.45, 7) is 35.9. The third kappa shape index (κ3) is 16.5. The fraction of sp³-hybridized carbons (Fsp3) is 1.00. The van der Waals surface area contributed by atoms with Crippen LogP contribution in [-0.4, -0.2) is 82.4 Å². The molecule has 0 unspecified atom stereocenters. The normalized spacial score (nSPS) is 15.2. The van der Waals surface area contributed by atoms with E-state index in [1.807, 2.05) is 46.6 Å². The quantitative estimate of drug-likeness (QED) is 0.167. The molecule has 0 aliphatic rings. The van der Waals surface area contributed by atoms with E-state index in [9.17, 15) is 0 Å². The van der Waals surface area contributed by atoms with E-state index in [2.05, 4.69) is 65.5 Å². The first-order valence-corrected chi connectivity index (χ1v) is 34.8. The minimum atomic E-state index is -2.78. The Hall–Kier alpha value is 1.38. The molecule has 0 N–H and O–H groups in total. The molecule has 0 aromatic heterocycles. The van der Waals surface area contributed by atoms with Gasteiger partial charge in [0.1, 0.15) is 0 Å². The molecule has 0 atom stereocenters. The Balaban J connectivity index is 5.34. The Morgan fingerprint density at radius 1 is 0.417 bits per heavy atom. The van der Waals surface area contributed by atoms with Crippen molar-refractivity contribution in [1.29, 1.82) is 0 Å². The van der Waals surface area contributed by atoms with Gasteiger partial charge in [0, 0.05) is 19.8 Å². The molecule has 36 heavy (non-hydrogen) atoms. The summed E-state index contributed by atoms with van der Waals surface area (Å²) in [5, 5.41) is 0. The van der Waals surface area contributed by atoms with Crippen molar-refractivity contribution in [3.05, 3.63) is 0 Å². The predicted octanol–water partition coefficient (Wildman–Crippen LogP) is 5.94. The zero-order chi connectivity index (χ0) is 28.9. The van der Waals surface area contributed by atoms with E-state index in [1.165, 1.54) is 0 Å². The van der Waals surface area contributed by atoms with Crippen molar-refractivity contribution in [3.63, 3.8) is 0 Å². The molecule has 0 saturated carbocycles. The number of rotatable bonds is 18. The van der Waals surface area contributed by atoms with E-state index in [1.54, 1.807) is 0 Å². The maximum Gasteiger partial charge on any atom is 0.488 e. The maximum absolute atomic E-state index is 6.65. The van der Waals surface area contributed by atoms with Crippen molar-refractivity contribution in [2.75, 3.05) is 13.2 Å². The zero-order valence-electron chi connectivity index (χ0n) is 26.2. The second-order valence-electron chi connectivity index (χ2n) is 11.9. The van der Waals surface area contributed by atoms with E-state index in [0.29, 0.717) is 13.2 Å². The molecule has 0 radical (unpaired) electrons. The Labute approximate surface area is 231 Å². The molecule has 0 saturated heterocycles. The SMILES string of the molecule is CCO[Si](C)(OCC)O[Si](C)(C)O[Si](C)(C)O[Si](C)(C)O[Si](C)(C)O[Si](C)(C)O[Si](C)(C)O[SiH](C)C. The molecule has 0 rings (SSSR count). The van der Waals surface area contributed by atoms with Crippen molar-refractivity contribution in [3.8, 4) is 0 Å². The van der Waals surface area contributed by atoms with E-state index in [4.69, 9.17) is 37.7 Å². The van der Waals surface area contributed by atoms with Crippen LogP contribution in [0.4, 0.5) is 0 Å². The van der Waals surface area contributed by atoms with Crippen LogP contribution in [-0.2, 0) is 37.7 Å². The van der Waals surface area contributed by atoms with Crippen molar-refractivity contribution >= 4 is 69.2 Å². The smallest absolute Gasteiger partial charge is 0.440 e. The van der Waals surface area contributed by atoms with E-state index in [-0.39, 0.29) is 0 Å². The predicted molar refractivity (Wildman–Crippen MR) is 166 cm³/mol. The molecular weight excluding hydrogens is 597 g/mol. The van der Waals surface area contributed by atoms with Crippen LogP contribution in [0.3, 0.4) is 0 Å². The summed E-state index contributed by atoms with van der Waals surface area (Å²) in [7, 11) is -19.1. The van der Waals surface area contributed by atoms with Gasteiger partial charge in [0.15, 0.2) is 9.04 Å². The second-order valence-corrected chi connectivity index (χ2v) is 38.9. The first kappa shape index (κ1) is 37.4. The summed E-state index contributed by atoms with van der Waals surface area (Å²) in [5.41, 5.74) is 0. The van der Waals surface area contributed by atoms with Crippen LogP contribution in [0.5, 0.6) is 0 Å². The summed E-state index contributed by atoms with van der Waals surface area (Å²) in [5.74, 6) is 0. The third-order valence-corrected chi connectivity index (χ3v) is 33.1. The van der Waals surface area contributed by atoms with Gasteiger partial charge in [0.05, 0.1) is 0 Å². The topological polar surface area (TPSA) is 83.1 Å². The molecular formula is C19H56O9Si8. The van der Waals surface area contributed by atoms with Gasteiger partial charge in [-0.1, -0.05) is 0 Å². The van der Waals surface area contributed by atoms with Crippen LogP contribution >= 0.6 is 0 Å². The molecule has 0 aromatic rings. The molecule has 0 aromatic carbocycles. The van der Waals surface area contributed by atoms with Gasteiger partial charge < -0.3 is 37.7 Å². The number of hydrogen-bond acceptors (Lipinski definition) is 9. The van der Waals surface area contributed by atoms with Crippen molar-refractivity contribution in [1.82, 2.24) is 0 Å². The maximum atomic E-state index is 6.65. The first-order valence-electron chi connectivity index (χ1n) is 12.9. The van der Waals surface area contributed by atoms with Crippen LogP contribution in [0, 0.1) is 0 Å². The average Bonchev–Trinajstić information content (AvgIpc) is 2.45. The van der Waals surface area contributed by atoms with Crippen molar-refractivity contribution < 1.29 is 37.7 Å². The van der Waals surface area contributed by atoms with Gasteiger partial charge in [0.25, 0.3) is 0 Å². The van der Waals surface area contributed by atoms with Gasteiger partial charge >= 0.3 is 60.2 Å². The lowest BCUT2D eigenvalue weighted by molar-refractivity contribution is 0.111. The lowest BCUT2D eigenvalue weighted by Crippen LogP contribution is -2.61. The molecule has 0 spiro atoms. The molecule has 0 aliphatic heterocycles. The molecule has 0 amide bonds. The summed E-state index contributed by atoms with van der Waals surface area (Å²) in [4.78, 5) is 0. The summed E-state index contributed by atoms with van der Waals surface area (Å²) < 4.78 is 57.3. The lowest BCUT2D eigenvalue weighted by atomic mass is 10.9. The van der Waals surface area contributed by atoms with Crippen molar-refractivity contribution in [2.24, 2.45) is 0 Å². The van der Waals surface area contributed by atoms with Crippen LogP contribution in [0.25, 0.3) is 0 Å². The molecule has 9 nitrogen and oxygen atoms in total. The van der Waals surface area contributed by atoms with E-state index < -0.39 is 69.2 Å². The van der Waals surface area contributed by atoms with E-state index >= 15 is 0 Å². The summed E-state index contributed by atoms with van der Waals surface area (Å²) in [6.07, 6.45) is 0. The Morgan fingerprint density at radius 3 is 0.917 bits per heavy atom. The van der Waals surface area contributed by atoms with Gasteiger partial charge in [-0.25, -0.2) is 0 Å². The second kappa shape index (κ2) is 13.8. The molecule has 218 valence electrons. The van der Waals surface area contributed by atoms with Crippen LogP contribution in [0.2, 0.25) is 98.2 Å². The molecule has 0 heterocycles. The highest BCUT2D eigenvalue weighted by Crippen LogP contribution is 2.29. The van der Waals surface area contributed by atoms with Crippen LogP contribution < -0.4 is 0 Å². The van der Waals surface area contributed by atoms with Gasteiger partial charge in [-0.2, -0.15) is 0 Å². The molecule has 0 aliphatic carbocycles. The van der Waals surface area contributed by atoms with Crippen LogP contribution in [0.15, 0.2) is 0 Å². The minimum Gasteiger partial charge on any atom is -0.440 e. The van der Waals surface area contributed by atoms with E-state index in [0.717, 1.165) is 0 Å². The third-order valence-electron chi connectivity index (χ3n) is 4.22. The van der Waals surface area contributed by atoms with Crippen molar-refractivity contribution in [2.45, 2.75) is 112 Å². The summed E-state index contributed by atoms with van der Waals surface area (Å²) >= 11 is 0. The minimum absolute atomic E-state index is 0.534. The summed E-state index contributed by atoms with van der Waals surface area (Å²) in [6, 6.07) is 0. The fourth-order valence-electron chi connectivity index (χ4n) is 4.73. The Morgan fingerprint density at radius 2 is 0.667 bits per heavy atom. The molecule has 0 bridgehead atoms. The Kier molecular flexibility index (Phi) is 14.4. The highest BCUT2D eigenvalue weighted by molar-refractivity contribution is 6.91. The van der Waals surface area contributed by atoms with Gasteiger partial charge in [0.2, 0.25) is 0 Å². The number of hydrogen-bond donors (Lipinski definition) is 0. The highest BCUT2D eigenvalue weighted by atomic mass is 28.5. The zero-order valence-corrected chi connectivity index (χ0v) is 34.3. The lowest BCUT2D eigenvalue weighted by Gasteiger charge is -2.43. The van der Waals surface area contributed by atoms with Crippen LogP contribution in [0.1, 0.15) is 13.8 Å². The average molecular weight is 653 g/mol.